The van der Waals surface area contributed by atoms with E-state index in [0.29, 0.717) is 13.2 Å². The summed E-state index contributed by atoms with van der Waals surface area (Å²) in [6, 6.07) is 15.8. The van der Waals surface area contributed by atoms with Gasteiger partial charge in [-0.25, -0.2) is 0 Å². The molecule has 4 nitrogen and oxygen atoms in total. The largest absolute Gasteiger partial charge is 0.497 e. The predicted molar refractivity (Wildman–Crippen MR) is 92.6 cm³/mol. The van der Waals surface area contributed by atoms with Gasteiger partial charge in [0.25, 0.3) is 0 Å². The fourth-order valence-electron chi connectivity index (χ4n) is 2.08. The van der Waals surface area contributed by atoms with Crippen LogP contribution >= 0.6 is 0 Å². The van der Waals surface area contributed by atoms with Crippen LogP contribution in [-0.4, -0.2) is 33.4 Å². The van der Waals surface area contributed by atoms with Crippen molar-refractivity contribution in [2.24, 2.45) is 0 Å². The first kappa shape index (κ1) is 17.2. The lowest BCUT2D eigenvalue weighted by Gasteiger charge is -2.09. The summed E-state index contributed by atoms with van der Waals surface area (Å²) in [5.41, 5.74) is 1.24. The molecule has 1 N–H and O–H groups in total. The monoisotopic (exact) mass is 315 g/mol. The van der Waals surface area contributed by atoms with Crippen LogP contribution in [0.5, 0.6) is 17.2 Å². The van der Waals surface area contributed by atoms with Gasteiger partial charge in [0.2, 0.25) is 0 Å². The maximum absolute atomic E-state index is 5.68. The van der Waals surface area contributed by atoms with Crippen LogP contribution in [0.3, 0.4) is 0 Å². The SMILES string of the molecule is COc1cccc(OCCCNCCOc2ccc(C)cc2)c1. The molecule has 124 valence electrons. The molecule has 2 aromatic rings. The molecule has 0 unspecified atom stereocenters. The summed E-state index contributed by atoms with van der Waals surface area (Å²) in [6.07, 6.45) is 0.946. The average Bonchev–Trinajstić information content (AvgIpc) is 2.59. The smallest absolute Gasteiger partial charge is 0.122 e. The molecule has 4 heteroatoms. The molecule has 0 fully saturated rings. The van der Waals surface area contributed by atoms with E-state index in [1.807, 2.05) is 36.4 Å². The Morgan fingerprint density at radius 3 is 2.35 bits per heavy atom. The van der Waals surface area contributed by atoms with Gasteiger partial charge in [0.1, 0.15) is 23.9 Å². The van der Waals surface area contributed by atoms with Crippen LogP contribution in [0.4, 0.5) is 0 Å². The third-order valence-corrected chi connectivity index (χ3v) is 3.38. The van der Waals surface area contributed by atoms with Gasteiger partial charge >= 0.3 is 0 Å². The Balaban J connectivity index is 1.50. The van der Waals surface area contributed by atoms with E-state index in [4.69, 9.17) is 14.2 Å². The average molecular weight is 315 g/mol. The van der Waals surface area contributed by atoms with Gasteiger partial charge in [0, 0.05) is 12.6 Å². The van der Waals surface area contributed by atoms with Crippen molar-refractivity contribution in [2.45, 2.75) is 13.3 Å². The van der Waals surface area contributed by atoms with Gasteiger partial charge in [0.05, 0.1) is 13.7 Å². The molecule has 2 rings (SSSR count). The second kappa shape index (κ2) is 9.74. The minimum atomic E-state index is 0.666. The molecule has 0 saturated heterocycles. The van der Waals surface area contributed by atoms with E-state index in [9.17, 15) is 0 Å². The quantitative estimate of drug-likeness (QED) is 0.682. The normalized spacial score (nSPS) is 10.3. The summed E-state index contributed by atoms with van der Waals surface area (Å²) in [5.74, 6) is 2.57. The number of benzene rings is 2. The topological polar surface area (TPSA) is 39.7 Å². The molecular formula is C19H25NO3. The summed E-state index contributed by atoms with van der Waals surface area (Å²) >= 11 is 0. The number of nitrogens with one attached hydrogen (secondary N) is 1. The first-order valence-electron chi connectivity index (χ1n) is 7.95. The molecule has 23 heavy (non-hydrogen) atoms. The molecule has 0 atom stereocenters. The first-order chi connectivity index (χ1) is 11.3. The zero-order valence-electron chi connectivity index (χ0n) is 13.9. The number of ether oxygens (including phenoxy) is 3. The summed E-state index contributed by atoms with van der Waals surface area (Å²) in [5, 5.41) is 3.35. The molecule has 0 heterocycles. The van der Waals surface area contributed by atoms with E-state index >= 15 is 0 Å². The minimum absolute atomic E-state index is 0.666. The van der Waals surface area contributed by atoms with Crippen molar-refractivity contribution in [1.29, 1.82) is 0 Å². The molecule has 0 spiro atoms. The van der Waals surface area contributed by atoms with Crippen molar-refractivity contribution in [3.8, 4) is 17.2 Å². The summed E-state index contributed by atoms with van der Waals surface area (Å²) in [7, 11) is 1.65. The Hall–Kier alpha value is -2.20. The number of aryl methyl sites for hydroxylation is 1. The predicted octanol–water partition coefficient (Wildman–Crippen LogP) is 3.44. The van der Waals surface area contributed by atoms with Crippen LogP contribution in [0, 0.1) is 6.92 Å². The van der Waals surface area contributed by atoms with E-state index in [0.717, 1.165) is 36.8 Å². The van der Waals surface area contributed by atoms with Crippen molar-refractivity contribution in [3.05, 3.63) is 54.1 Å². The number of hydrogen-bond donors (Lipinski definition) is 1. The van der Waals surface area contributed by atoms with E-state index in [-0.39, 0.29) is 0 Å². The lowest BCUT2D eigenvalue weighted by Crippen LogP contribution is -2.23. The fourth-order valence-corrected chi connectivity index (χ4v) is 2.08. The molecule has 0 aliphatic heterocycles. The second-order valence-corrected chi connectivity index (χ2v) is 5.29. The van der Waals surface area contributed by atoms with Crippen LogP contribution in [0.2, 0.25) is 0 Å². The van der Waals surface area contributed by atoms with E-state index in [1.54, 1.807) is 7.11 Å². The molecule has 0 bridgehead atoms. The van der Waals surface area contributed by atoms with Gasteiger partial charge in [-0.05, 0) is 44.2 Å². The third kappa shape index (κ3) is 6.61. The van der Waals surface area contributed by atoms with Crippen molar-refractivity contribution >= 4 is 0 Å². The standard InChI is InChI=1S/C19H25NO3/c1-16-7-9-17(10-8-16)23-14-12-20-11-4-13-22-19-6-3-5-18(15-19)21-2/h3,5-10,15,20H,4,11-14H2,1-2H3. The third-order valence-electron chi connectivity index (χ3n) is 3.38. The Morgan fingerprint density at radius 2 is 1.57 bits per heavy atom. The van der Waals surface area contributed by atoms with Gasteiger partial charge in [0.15, 0.2) is 0 Å². The summed E-state index contributed by atoms with van der Waals surface area (Å²) in [6.45, 7) is 5.14. The molecule has 0 amide bonds. The van der Waals surface area contributed by atoms with Crippen LogP contribution in [0.15, 0.2) is 48.5 Å². The number of hydrogen-bond acceptors (Lipinski definition) is 4. The van der Waals surface area contributed by atoms with Gasteiger partial charge < -0.3 is 19.5 Å². The molecule has 0 aliphatic rings. The van der Waals surface area contributed by atoms with E-state index < -0.39 is 0 Å². The van der Waals surface area contributed by atoms with Crippen molar-refractivity contribution < 1.29 is 14.2 Å². The maximum atomic E-state index is 5.68. The highest BCUT2D eigenvalue weighted by atomic mass is 16.5. The van der Waals surface area contributed by atoms with Crippen molar-refractivity contribution in [3.63, 3.8) is 0 Å². The molecule has 0 saturated carbocycles. The molecular weight excluding hydrogens is 290 g/mol. The van der Waals surface area contributed by atoms with Crippen LogP contribution in [0.25, 0.3) is 0 Å². The summed E-state index contributed by atoms with van der Waals surface area (Å²) in [4.78, 5) is 0. The maximum Gasteiger partial charge on any atom is 0.122 e. The van der Waals surface area contributed by atoms with Gasteiger partial charge in [-0.15, -0.1) is 0 Å². The highest BCUT2D eigenvalue weighted by molar-refractivity contribution is 5.32. The van der Waals surface area contributed by atoms with Crippen LogP contribution in [-0.2, 0) is 0 Å². The Kier molecular flexibility index (Phi) is 7.27. The van der Waals surface area contributed by atoms with Gasteiger partial charge in [-0.2, -0.15) is 0 Å². The van der Waals surface area contributed by atoms with Crippen LogP contribution in [0.1, 0.15) is 12.0 Å². The van der Waals surface area contributed by atoms with E-state index in [1.165, 1.54) is 5.56 Å². The zero-order chi connectivity index (χ0) is 16.3. The van der Waals surface area contributed by atoms with Gasteiger partial charge in [-0.1, -0.05) is 23.8 Å². The first-order valence-corrected chi connectivity index (χ1v) is 7.95. The Labute approximate surface area is 138 Å². The summed E-state index contributed by atoms with van der Waals surface area (Å²) < 4.78 is 16.5. The second-order valence-electron chi connectivity index (χ2n) is 5.29. The van der Waals surface area contributed by atoms with Crippen LogP contribution < -0.4 is 19.5 Å². The Bertz CT molecular complexity index is 569. The highest BCUT2D eigenvalue weighted by Crippen LogP contribution is 2.18. The van der Waals surface area contributed by atoms with Crippen molar-refractivity contribution in [1.82, 2.24) is 5.32 Å². The zero-order valence-corrected chi connectivity index (χ0v) is 13.9. The highest BCUT2D eigenvalue weighted by Gasteiger charge is 1.97. The minimum Gasteiger partial charge on any atom is -0.497 e. The molecule has 0 aliphatic carbocycles. The Morgan fingerprint density at radius 1 is 0.826 bits per heavy atom. The lowest BCUT2D eigenvalue weighted by molar-refractivity contribution is 0.293. The van der Waals surface area contributed by atoms with E-state index in [2.05, 4.69) is 24.4 Å². The molecule has 0 radical (unpaired) electrons. The fraction of sp³-hybridized carbons (Fsp3) is 0.368. The molecule has 0 aromatic heterocycles. The van der Waals surface area contributed by atoms with Crippen molar-refractivity contribution in [2.75, 3.05) is 33.4 Å². The molecule has 2 aromatic carbocycles. The lowest BCUT2D eigenvalue weighted by atomic mass is 10.2. The number of methoxy groups -OCH3 is 1. The number of rotatable bonds is 10. The van der Waals surface area contributed by atoms with Gasteiger partial charge in [-0.3, -0.25) is 0 Å².